The van der Waals surface area contributed by atoms with Gasteiger partial charge in [-0.15, -0.1) is 0 Å². The van der Waals surface area contributed by atoms with Crippen LogP contribution in [0.3, 0.4) is 0 Å². The Bertz CT molecular complexity index is 302. The number of rotatable bonds is 5. The first-order valence-electron chi connectivity index (χ1n) is 7.14. The van der Waals surface area contributed by atoms with Crippen molar-refractivity contribution in [1.29, 1.82) is 0 Å². The van der Waals surface area contributed by atoms with Crippen LogP contribution < -0.4 is 10.6 Å². The van der Waals surface area contributed by atoms with Crippen LogP contribution in [0.1, 0.15) is 39.0 Å². The van der Waals surface area contributed by atoms with Crippen LogP contribution in [-0.2, 0) is 0 Å². The molecular formula is C13H24F3N3O. The van der Waals surface area contributed by atoms with Crippen molar-refractivity contribution in [2.24, 2.45) is 0 Å². The van der Waals surface area contributed by atoms with Crippen LogP contribution in [0, 0.1) is 0 Å². The van der Waals surface area contributed by atoms with Gasteiger partial charge >= 0.3 is 12.2 Å². The fourth-order valence-electron chi connectivity index (χ4n) is 2.48. The van der Waals surface area contributed by atoms with Crippen molar-refractivity contribution in [1.82, 2.24) is 15.5 Å². The van der Waals surface area contributed by atoms with Crippen molar-refractivity contribution >= 4 is 6.03 Å². The van der Waals surface area contributed by atoms with E-state index >= 15 is 0 Å². The van der Waals surface area contributed by atoms with Gasteiger partial charge in [-0.05, 0) is 38.6 Å². The highest BCUT2D eigenvalue weighted by molar-refractivity contribution is 5.74. The fraction of sp³-hybridized carbons (Fsp3) is 0.923. The van der Waals surface area contributed by atoms with Crippen LogP contribution >= 0.6 is 0 Å². The molecule has 0 unspecified atom stereocenters. The molecule has 0 spiro atoms. The molecule has 7 heteroatoms. The van der Waals surface area contributed by atoms with Crippen LogP contribution in [-0.4, -0.2) is 49.3 Å². The Labute approximate surface area is 118 Å². The average Bonchev–Trinajstić information content (AvgIpc) is 2.41. The van der Waals surface area contributed by atoms with E-state index in [1.807, 2.05) is 5.32 Å². The average molecular weight is 295 g/mol. The van der Waals surface area contributed by atoms with Gasteiger partial charge in [0.15, 0.2) is 0 Å². The molecule has 118 valence electrons. The molecule has 1 aliphatic rings. The molecular weight excluding hydrogens is 271 g/mol. The maximum Gasteiger partial charge on any atom is 0.405 e. The summed E-state index contributed by atoms with van der Waals surface area (Å²) in [6.07, 6.45) is 0.301. The summed E-state index contributed by atoms with van der Waals surface area (Å²) >= 11 is 0. The van der Waals surface area contributed by atoms with E-state index in [2.05, 4.69) is 12.2 Å². The molecule has 1 fully saturated rings. The van der Waals surface area contributed by atoms with Gasteiger partial charge < -0.3 is 15.5 Å². The number of nitrogens with zero attached hydrogens (tertiary/aromatic N) is 1. The Morgan fingerprint density at radius 3 is 2.35 bits per heavy atom. The van der Waals surface area contributed by atoms with Crippen molar-refractivity contribution in [3.63, 3.8) is 0 Å². The quantitative estimate of drug-likeness (QED) is 0.818. The molecule has 0 heterocycles. The first-order chi connectivity index (χ1) is 9.33. The molecule has 0 aliphatic heterocycles. The summed E-state index contributed by atoms with van der Waals surface area (Å²) in [5, 5.41) is 5.35. The van der Waals surface area contributed by atoms with E-state index in [0.717, 1.165) is 38.6 Å². The molecule has 0 bridgehead atoms. The number of alkyl halides is 3. The maximum atomic E-state index is 12.0. The van der Waals surface area contributed by atoms with E-state index in [0.29, 0.717) is 6.04 Å². The lowest BCUT2D eigenvalue weighted by molar-refractivity contribution is -0.123. The molecule has 2 amide bonds. The van der Waals surface area contributed by atoms with Gasteiger partial charge in [-0.3, -0.25) is 0 Å². The van der Waals surface area contributed by atoms with Crippen molar-refractivity contribution in [2.75, 3.05) is 20.1 Å². The van der Waals surface area contributed by atoms with Gasteiger partial charge in [-0.25, -0.2) is 4.79 Å². The molecule has 0 aromatic carbocycles. The zero-order valence-corrected chi connectivity index (χ0v) is 12.1. The van der Waals surface area contributed by atoms with Gasteiger partial charge in [0.25, 0.3) is 0 Å². The summed E-state index contributed by atoms with van der Waals surface area (Å²) in [7, 11) is 1.57. The third kappa shape index (κ3) is 5.98. The monoisotopic (exact) mass is 295 g/mol. The third-order valence-electron chi connectivity index (χ3n) is 3.69. The topological polar surface area (TPSA) is 44.4 Å². The van der Waals surface area contributed by atoms with Crippen molar-refractivity contribution in [2.45, 2.75) is 57.3 Å². The standard InChI is InChI=1S/C13H24F3N3O/c1-3-8-17-10-4-6-11(7-5-10)19(2)12(20)18-9-13(14,15)16/h10-11,17H,3-9H2,1-2H3,(H,18,20). The lowest BCUT2D eigenvalue weighted by atomic mass is 9.90. The van der Waals surface area contributed by atoms with Crippen molar-refractivity contribution in [3.8, 4) is 0 Å². The van der Waals surface area contributed by atoms with E-state index in [4.69, 9.17) is 0 Å². The lowest BCUT2D eigenvalue weighted by Gasteiger charge is -2.35. The van der Waals surface area contributed by atoms with E-state index in [9.17, 15) is 18.0 Å². The molecule has 4 nitrogen and oxygen atoms in total. The lowest BCUT2D eigenvalue weighted by Crippen LogP contribution is -2.48. The zero-order valence-electron chi connectivity index (χ0n) is 12.1. The number of amides is 2. The Kier molecular flexibility index (Phi) is 6.58. The van der Waals surface area contributed by atoms with Crippen LogP contribution in [0.15, 0.2) is 0 Å². The molecule has 20 heavy (non-hydrogen) atoms. The molecule has 1 rings (SSSR count). The third-order valence-corrected chi connectivity index (χ3v) is 3.69. The van der Waals surface area contributed by atoms with Gasteiger partial charge in [0, 0.05) is 19.1 Å². The van der Waals surface area contributed by atoms with Crippen molar-refractivity contribution < 1.29 is 18.0 Å². The SMILES string of the molecule is CCCNC1CCC(N(C)C(=O)NCC(F)(F)F)CC1. The predicted molar refractivity (Wildman–Crippen MR) is 71.6 cm³/mol. The van der Waals surface area contributed by atoms with E-state index in [-0.39, 0.29) is 6.04 Å². The second-order valence-electron chi connectivity index (χ2n) is 5.34. The second kappa shape index (κ2) is 7.71. The Hall–Kier alpha value is -0.980. The molecule has 0 atom stereocenters. The Morgan fingerprint density at radius 2 is 1.85 bits per heavy atom. The Morgan fingerprint density at radius 1 is 1.25 bits per heavy atom. The number of hydrogen-bond acceptors (Lipinski definition) is 2. The summed E-state index contributed by atoms with van der Waals surface area (Å²) in [6, 6.07) is -0.145. The number of carbonyl (C=O) groups is 1. The molecule has 0 saturated heterocycles. The number of urea groups is 1. The van der Waals surface area contributed by atoms with Gasteiger partial charge in [-0.2, -0.15) is 13.2 Å². The number of nitrogens with one attached hydrogen (secondary N) is 2. The molecule has 2 N–H and O–H groups in total. The molecule has 0 aromatic rings. The first-order valence-corrected chi connectivity index (χ1v) is 7.14. The van der Waals surface area contributed by atoms with Crippen LogP contribution in [0.4, 0.5) is 18.0 Å². The van der Waals surface area contributed by atoms with Crippen LogP contribution in [0.2, 0.25) is 0 Å². The maximum absolute atomic E-state index is 12.0. The molecule has 0 aromatic heterocycles. The number of halogens is 3. The highest BCUT2D eigenvalue weighted by Crippen LogP contribution is 2.22. The van der Waals surface area contributed by atoms with Crippen LogP contribution in [0.25, 0.3) is 0 Å². The minimum Gasteiger partial charge on any atom is -0.329 e. The number of carbonyl (C=O) groups excluding carboxylic acids is 1. The second-order valence-corrected chi connectivity index (χ2v) is 5.34. The van der Waals surface area contributed by atoms with Gasteiger partial charge in [0.05, 0.1) is 0 Å². The highest BCUT2D eigenvalue weighted by Gasteiger charge is 2.30. The first kappa shape index (κ1) is 17.1. The van der Waals surface area contributed by atoms with Gasteiger partial charge in [0.2, 0.25) is 0 Å². The molecule has 0 radical (unpaired) electrons. The summed E-state index contributed by atoms with van der Waals surface area (Å²) in [4.78, 5) is 13.0. The van der Waals surface area contributed by atoms with Gasteiger partial charge in [-0.1, -0.05) is 6.92 Å². The highest BCUT2D eigenvalue weighted by atomic mass is 19.4. The molecule has 1 saturated carbocycles. The minimum absolute atomic E-state index is 0.0305. The summed E-state index contributed by atoms with van der Waals surface area (Å²) < 4.78 is 36.1. The normalized spacial score (nSPS) is 23.4. The van der Waals surface area contributed by atoms with E-state index in [1.165, 1.54) is 4.90 Å². The summed E-state index contributed by atoms with van der Waals surface area (Å²) in [5.74, 6) is 0. The van der Waals surface area contributed by atoms with Crippen molar-refractivity contribution in [3.05, 3.63) is 0 Å². The summed E-state index contributed by atoms with van der Waals surface area (Å²) in [6.45, 7) is 1.82. The zero-order chi connectivity index (χ0) is 15.2. The predicted octanol–water partition coefficient (Wildman–Crippen LogP) is 2.50. The number of hydrogen-bond donors (Lipinski definition) is 2. The van der Waals surface area contributed by atoms with Crippen LogP contribution in [0.5, 0.6) is 0 Å². The van der Waals surface area contributed by atoms with E-state index in [1.54, 1.807) is 7.05 Å². The minimum atomic E-state index is -4.36. The van der Waals surface area contributed by atoms with E-state index < -0.39 is 18.8 Å². The smallest absolute Gasteiger partial charge is 0.329 e. The fourth-order valence-corrected chi connectivity index (χ4v) is 2.48. The summed E-state index contributed by atoms with van der Waals surface area (Å²) in [5.41, 5.74) is 0. The largest absolute Gasteiger partial charge is 0.405 e. The Balaban J connectivity index is 2.31. The van der Waals surface area contributed by atoms with Gasteiger partial charge in [0.1, 0.15) is 6.54 Å². The molecule has 1 aliphatic carbocycles.